The highest BCUT2D eigenvalue weighted by Gasteiger charge is 2.26. The van der Waals surface area contributed by atoms with E-state index in [4.69, 9.17) is 0 Å². The number of nitrogens with zero attached hydrogens (tertiary/aromatic N) is 3. The number of hydrogen-bond donors (Lipinski definition) is 2. The summed E-state index contributed by atoms with van der Waals surface area (Å²) in [4.78, 5) is 21.6. The van der Waals surface area contributed by atoms with Gasteiger partial charge in [-0.25, -0.2) is 0 Å². The number of anilines is 1. The number of hydrogen-bond acceptors (Lipinski definition) is 3. The molecule has 2 aromatic rings. The van der Waals surface area contributed by atoms with E-state index in [0.29, 0.717) is 18.5 Å². The normalized spacial score (nSPS) is 20.4. The van der Waals surface area contributed by atoms with Gasteiger partial charge in [0.25, 0.3) is 0 Å². The Kier molecular flexibility index (Phi) is 10.2. The second-order valence-corrected chi connectivity index (χ2v) is 9.20. The summed E-state index contributed by atoms with van der Waals surface area (Å²) in [6, 6.07) is 19.9. The van der Waals surface area contributed by atoms with E-state index < -0.39 is 0 Å². The Morgan fingerprint density at radius 1 is 1.09 bits per heavy atom. The minimum atomic E-state index is 0. The molecule has 1 amide bonds. The molecule has 34 heavy (non-hydrogen) atoms. The Balaban J connectivity index is 0.00000324. The SMILES string of the molecule is CN=C(NCCCC(=O)N1CCc2ccccc21)NC1CCN(Cc2ccccc2)C(C)C1.I. The first kappa shape index (κ1) is 26.5. The highest BCUT2D eigenvalue weighted by atomic mass is 127. The largest absolute Gasteiger partial charge is 0.356 e. The number of para-hydroxylation sites is 1. The summed E-state index contributed by atoms with van der Waals surface area (Å²) in [5.74, 6) is 1.05. The minimum absolute atomic E-state index is 0. The third kappa shape index (κ3) is 6.95. The van der Waals surface area contributed by atoms with Crippen LogP contribution in [0, 0.1) is 0 Å². The average molecular weight is 576 g/mol. The maximum absolute atomic E-state index is 12.7. The summed E-state index contributed by atoms with van der Waals surface area (Å²) in [6.45, 7) is 5.95. The van der Waals surface area contributed by atoms with Crippen molar-refractivity contribution in [1.29, 1.82) is 0 Å². The molecular formula is C27H38IN5O. The fourth-order valence-corrected chi connectivity index (χ4v) is 4.97. The molecule has 0 aromatic heterocycles. The van der Waals surface area contributed by atoms with Gasteiger partial charge >= 0.3 is 0 Å². The topological polar surface area (TPSA) is 60.0 Å². The Morgan fingerprint density at radius 2 is 1.85 bits per heavy atom. The maximum atomic E-state index is 12.7. The molecule has 2 aliphatic rings. The van der Waals surface area contributed by atoms with Gasteiger partial charge in [-0.05, 0) is 49.8 Å². The van der Waals surface area contributed by atoms with Crippen LogP contribution in [0.25, 0.3) is 0 Å². The molecule has 6 nitrogen and oxygen atoms in total. The van der Waals surface area contributed by atoms with Gasteiger partial charge in [-0.1, -0.05) is 48.5 Å². The average Bonchev–Trinajstić information content (AvgIpc) is 3.27. The van der Waals surface area contributed by atoms with Crippen LogP contribution in [0.2, 0.25) is 0 Å². The predicted molar refractivity (Wildman–Crippen MR) is 151 cm³/mol. The molecule has 7 heteroatoms. The first-order valence-corrected chi connectivity index (χ1v) is 12.3. The number of likely N-dealkylation sites (tertiary alicyclic amines) is 1. The van der Waals surface area contributed by atoms with E-state index in [1.54, 1.807) is 0 Å². The molecule has 1 saturated heterocycles. The van der Waals surface area contributed by atoms with E-state index in [0.717, 1.165) is 63.5 Å². The van der Waals surface area contributed by atoms with E-state index in [2.05, 4.69) is 69.9 Å². The molecule has 0 radical (unpaired) electrons. The quantitative estimate of drug-likeness (QED) is 0.225. The number of piperidine rings is 1. The van der Waals surface area contributed by atoms with Crippen LogP contribution >= 0.6 is 24.0 Å². The number of aliphatic imine (C=N–C) groups is 1. The van der Waals surface area contributed by atoms with Gasteiger partial charge in [0.1, 0.15) is 0 Å². The monoisotopic (exact) mass is 575 g/mol. The number of fused-ring (bicyclic) bond motifs is 1. The van der Waals surface area contributed by atoms with E-state index in [1.165, 1.54) is 11.1 Å². The van der Waals surface area contributed by atoms with Gasteiger partial charge in [-0.15, -0.1) is 24.0 Å². The van der Waals surface area contributed by atoms with Crippen molar-refractivity contribution in [2.75, 3.05) is 31.6 Å². The number of halogens is 1. The molecule has 2 aliphatic heterocycles. The number of rotatable bonds is 7. The van der Waals surface area contributed by atoms with Gasteiger partial charge in [0.15, 0.2) is 5.96 Å². The maximum Gasteiger partial charge on any atom is 0.227 e. The predicted octanol–water partition coefficient (Wildman–Crippen LogP) is 4.19. The zero-order valence-electron chi connectivity index (χ0n) is 20.4. The number of carbonyl (C=O) groups is 1. The summed E-state index contributed by atoms with van der Waals surface area (Å²) in [7, 11) is 1.82. The number of amides is 1. The highest BCUT2D eigenvalue weighted by Crippen LogP contribution is 2.28. The molecule has 0 aliphatic carbocycles. The number of benzene rings is 2. The standard InChI is InChI=1S/C27H37N5O.HI/c1-21-19-24(15-17-31(21)20-22-9-4-3-5-10-22)30-27(28-2)29-16-8-13-26(33)32-18-14-23-11-6-7-12-25(23)32;/h3-7,9-12,21,24H,8,13-20H2,1-2H3,(H2,28,29,30);1H. The molecule has 0 spiro atoms. The molecule has 2 atom stereocenters. The molecular weight excluding hydrogens is 537 g/mol. The van der Waals surface area contributed by atoms with Gasteiger partial charge in [0, 0.05) is 57.4 Å². The molecule has 2 unspecified atom stereocenters. The smallest absolute Gasteiger partial charge is 0.227 e. The molecule has 0 saturated carbocycles. The summed E-state index contributed by atoms with van der Waals surface area (Å²) in [5, 5.41) is 7.00. The van der Waals surface area contributed by atoms with E-state index in [1.807, 2.05) is 24.1 Å². The second-order valence-electron chi connectivity index (χ2n) is 9.20. The highest BCUT2D eigenvalue weighted by molar-refractivity contribution is 14.0. The van der Waals surface area contributed by atoms with Gasteiger partial charge in [-0.3, -0.25) is 14.7 Å². The summed E-state index contributed by atoms with van der Waals surface area (Å²) >= 11 is 0. The lowest BCUT2D eigenvalue weighted by molar-refractivity contribution is -0.118. The van der Waals surface area contributed by atoms with Crippen molar-refractivity contribution in [3.05, 3.63) is 65.7 Å². The minimum Gasteiger partial charge on any atom is -0.356 e. The van der Waals surface area contributed by atoms with Crippen molar-refractivity contribution in [1.82, 2.24) is 15.5 Å². The Labute approximate surface area is 221 Å². The first-order valence-electron chi connectivity index (χ1n) is 12.3. The number of guanidine groups is 1. The van der Waals surface area contributed by atoms with E-state index >= 15 is 0 Å². The third-order valence-electron chi connectivity index (χ3n) is 6.85. The lowest BCUT2D eigenvalue weighted by Gasteiger charge is -2.38. The Hall–Kier alpha value is -2.13. The molecule has 0 bridgehead atoms. The van der Waals surface area contributed by atoms with Crippen LogP contribution in [0.4, 0.5) is 5.69 Å². The summed E-state index contributed by atoms with van der Waals surface area (Å²) in [5.41, 5.74) is 3.73. The number of carbonyl (C=O) groups excluding carboxylic acids is 1. The summed E-state index contributed by atoms with van der Waals surface area (Å²) < 4.78 is 0. The molecule has 2 N–H and O–H groups in total. The molecule has 184 valence electrons. The van der Waals surface area contributed by atoms with Crippen molar-refractivity contribution in [3.8, 4) is 0 Å². The van der Waals surface area contributed by atoms with Crippen LogP contribution in [0.15, 0.2) is 59.6 Å². The summed E-state index contributed by atoms with van der Waals surface area (Å²) in [6.07, 6.45) is 4.50. The Bertz CT molecular complexity index is 951. The fraction of sp³-hybridized carbons (Fsp3) is 0.481. The van der Waals surface area contributed by atoms with E-state index in [-0.39, 0.29) is 29.9 Å². The zero-order valence-corrected chi connectivity index (χ0v) is 22.7. The lowest BCUT2D eigenvalue weighted by atomic mass is 9.97. The van der Waals surface area contributed by atoms with Crippen molar-refractivity contribution in [2.24, 2.45) is 4.99 Å². The third-order valence-corrected chi connectivity index (χ3v) is 6.85. The lowest BCUT2D eigenvalue weighted by Crippen LogP contribution is -2.51. The van der Waals surface area contributed by atoms with Crippen molar-refractivity contribution in [2.45, 2.75) is 57.7 Å². The number of nitrogens with one attached hydrogen (secondary N) is 2. The van der Waals surface area contributed by atoms with Gasteiger partial charge in [0.05, 0.1) is 0 Å². The molecule has 1 fully saturated rings. The van der Waals surface area contributed by atoms with Crippen molar-refractivity contribution < 1.29 is 4.79 Å². The molecule has 2 aromatic carbocycles. The van der Waals surface area contributed by atoms with Crippen LogP contribution in [0.5, 0.6) is 0 Å². The van der Waals surface area contributed by atoms with Crippen LogP contribution in [-0.4, -0.2) is 55.5 Å². The van der Waals surface area contributed by atoms with Gasteiger partial charge < -0.3 is 15.5 Å². The van der Waals surface area contributed by atoms with Crippen LogP contribution < -0.4 is 15.5 Å². The van der Waals surface area contributed by atoms with Gasteiger partial charge in [-0.2, -0.15) is 0 Å². The van der Waals surface area contributed by atoms with Crippen molar-refractivity contribution >= 4 is 41.5 Å². The van der Waals surface area contributed by atoms with Crippen LogP contribution in [0.3, 0.4) is 0 Å². The molecule has 2 heterocycles. The first-order chi connectivity index (χ1) is 16.1. The van der Waals surface area contributed by atoms with Crippen LogP contribution in [-0.2, 0) is 17.8 Å². The van der Waals surface area contributed by atoms with Gasteiger partial charge in [0.2, 0.25) is 5.91 Å². The van der Waals surface area contributed by atoms with E-state index in [9.17, 15) is 4.79 Å². The van der Waals surface area contributed by atoms with Crippen LogP contribution in [0.1, 0.15) is 43.7 Å². The molecule has 4 rings (SSSR count). The second kappa shape index (κ2) is 13.1. The Morgan fingerprint density at radius 3 is 2.62 bits per heavy atom. The van der Waals surface area contributed by atoms with Crippen molar-refractivity contribution in [3.63, 3.8) is 0 Å². The fourth-order valence-electron chi connectivity index (χ4n) is 4.97. The zero-order chi connectivity index (χ0) is 23.0.